The molecule has 2 rings (SSSR count). The number of hydrogen-bond donors (Lipinski definition) is 1. The van der Waals surface area contributed by atoms with Crippen LogP contribution in [0.5, 0.6) is 0 Å². The van der Waals surface area contributed by atoms with E-state index < -0.39 is 0 Å². The van der Waals surface area contributed by atoms with Crippen molar-refractivity contribution in [1.82, 2.24) is 15.1 Å². The number of carbonyl (C=O) groups is 1. The highest BCUT2D eigenvalue weighted by Crippen LogP contribution is 2.29. The lowest BCUT2D eigenvalue weighted by atomic mass is 10.2. The van der Waals surface area contributed by atoms with Gasteiger partial charge in [-0.1, -0.05) is 0 Å². The van der Waals surface area contributed by atoms with Crippen LogP contribution in [0.25, 0.3) is 0 Å². The van der Waals surface area contributed by atoms with Crippen molar-refractivity contribution in [3.8, 4) is 0 Å². The molecule has 17 heavy (non-hydrogen) atoms. The van der Waals surface area contributed by atoms with Crippen molar-refractivity contribution < 1.29 is 4.79 Å². The van der Waals surface area contributed by atoms with Crippen LogP contribution >= 0.6 is 11.8 Å². The SMILES string of the molecule is CC1(C)CN(CC(=O)N2CCNCC2)CCS1. The monoisotopic (exact) mass is 257 g/mol. The molecule has 1 amide bonds. The molecule has 0 bridgehead atoms. The molecule has 4 nitrogen and oxygen atoms in total. The summed E-state index contributed by atoms with van der Waals surface area (Å²) in [6, 6.07) is 0. The minimum Gasteiger partial charge on any atom is -0.339 e. The molecule has 2 heterocycles. The normalized spacial score (nSPS) is 25.9. The maximum atomic E-state index is 12.1. The van der Waals surface area contributed by atoms with Crippen LogP contribution < -0.4 is 5.32 Å². The molecule has 1 N–H and O–H groups in total. The maximum Gasteiger partial charge on any atom is 0.236 e. The molecule has 2 aliphatic heterocycles. The molecule has 0 atom stereocenters. The minimum absolute atomic E-state index is 0.294. The van der Waals surface area contributed by atoms with Crippen LogP contribution in [-0.4, -0.2) is 72.0 Å². The Hall–Kier alpha value is -0.260. The van der Waals surface area contributed by atoms with Crippen molar-refractivity contribution in [2.45, 2.75) is 18.6 Å². The second kappa shape index (κ2) is 5.59. The predicted octanol–water partition coefficient (Wildman–Crippen LogP) is 0.246. The van der Waals surface area contributed by atoms with E-state index in [1.807, 2.05) is 16.7 Å². The summed E-state index contributed by atoms with van der Waals surface area (Å²) in [6.45, 7) is 10.8. The summed E-state index contributed by atoms with van der Waals surface area (Å²) in [5.74, 6) is 1.44. The van der Waals surface area contributed by atoms with Crippen LogP contribution in [0.4, 0.5) is 0 Å². The van der Waals surface area contributed by atoms with Gasteiger partial charge in [0.05, 0.1) is 6.54 Å². The predicted molar refractivity (Wildman–Crippen MR) is 72.4 cm³/mol. The number of piperazine rings is 1. The molecule has 2 aliphatic rings. The Kier molecular flexibility index (Phi) is 4.33. The molecule has 0 aliphatic carbocycles. The molecule has 0 aromatic carbocycles. The van der Waals surface area contributed by atoms with Gasteiger partial charge in [-0.05, 0) is 13.8 Å². The van der Waals surface area contributed by atoms with Crippen LogP contribution in [-0.2, 0) is 4.79 Å². The first kappa shape index (κ1) is 13.2. The van der Waals surface area contributed by atoms with Crippen molar-refractivity contribution in [2.24, 2.45) is 0 Å². The molecule has 2 saturated heterocycles. The zero-order valence-electron chi connectivity index (χ0n) is 10.9. The van der Waals surface area contributed by atoms with Crippen LogP contribution in [0.1, 0.15) is 13.8 Å². The molecule has 98 valence electrons. The second-order valence-electron chi connectivity index (χ2n) is 5.45. The summed E-state index contributed by atoms with van der Waals surface area (Å²) in [4.78, 5) is 16.4. The van der Waals surface area contributed by atoms with Crippen LogP contribution in [0, 0.1) is 0 Å². The fourth-order valence-electron chi connectivity index (χ4n) is 2.45. The molecule has 0 aromatic heterocycles. The van der Waals surface area contributed by atoms with Gasteiger partial charge in [0.2, 0.25) is 5.91 Å². The highest BCUT2D eigenvalue weighted by Gasteiger charge is 2.29. The smallest absolute Gasteiger partial charge is 0.236 e. The summed E-state index contributed by atoms with van der Waals surface area (Å²) in [5.41, 5.74) is 0. The van der Waals surface area contributed by atoms with E-state index in [0.29, 0.717) is 17.2 Å². The van der Waals surface area contributed by atoms with Gasteiger partial charge in [0.25, 0.3) is 0 Å². The quantitative estimate of drug-likeness (QED) is 0.769. The molecule has 5 heteroatoms. The largest absolute Gasteiger partial charge is 0.339 e. The van der Waals surface area contributed by atoms with Crippen LogP contribution in [0.15, 0.2) is 0 Å². The third-order valence-electron chi connectivity index (χ3n) is 3.33. The standard InChI is InChI=1S/C12H23N3OS/c1-12(2)10-14(7-8-17-12)9-11(16)15-5-3-13-4-6-15/h13H,3-10H2,1-2H3. The highest BCUT2D eigenvalue weighted by atomic mass is 32.2. The average Bonchev–Trinajstić information content (AvgIpc) is 2.29. The van der Waals surface area contributed by atoms with Gasteiger partial charge < -0.3 is 10.2 Å². The average molecular weight is 257 g/mol. The Morgan fingerprint density at radius 2 is 2.00 bits per heavy atom. The number of amides is 1. The minimum atomic E-state index is 0.294. The summed E-state index contributed by atoms with van der Waals surface area (Å²) in [6.07, 6.45) is 0. The van der Waals surface area contributed by atoms with E-state index in [1.165, 1.54) is 0 Å². The van der Waals surface area contributed by atoms with Crippen molar-refractivity contribution in [1.29, 1.82) is 0 Å². The van der Waals surface area contributed by atoms with Crippen molar-refractivity contribution in [2.75, 3.05) is 51.6 Å². The fourth-order valence-corrected chi connectivity index (χ4v) is 3.63. The van der Waals surface area contributed by atoms with E-state index in [4.69, 9.17) is 0 Å². The lowest BCUT2D eigenvalue weighted by Crippen LogP contribution is -2.52. The Balaban J connectivity index is 1.81. The van der Waals surface area contributed by atoms with E-state index >= 15 is 0 Å². The number of rotatable bonds is 2. The van der Waals surface area contributed by atoms with Gasteiger partial charge >= 0.3 is 0 Å². The molecular formula is C12H23N3OS. The van der Waals surface area contributed by atoms with Crippen LogP contribution in [0.2, 0.25) is 0 Å². The van der Waals surface area contributed by atoms with E-state index in [0.717, 1.165) is 45.0 Å². The number of nitrogens with zero attached hydrogens (tertiary/aromatic N) is 2. The van der Waals surface area contributed by atoms with Crippen molar-refractivity contribution in [3.63, 3.8) is 0 Å². The lowest BCUT2D eigenvalue weighted by molar-refractivity contribution is -0.133. The Labute approximate surface area is 108 Å². The topological polar surface area (TPSA) is 35.6 Å². The van der Waals surface area contributed by atoms with Gasteiger partial charge in [-0.3, -0.25) is 9.69 Å². The van der Waals surface area contributed by atoms with Gasteiger partial charge in [0.1, 0.15) is 0 Å². The lowest BCUT2D eigenvalue weighted by Gasteiger charge is -2.38. The number of nitrogens with one attached hydrogen (secondary N) is 1. The number of thioether (sulfide) groups is 1. The zero-order chi connectivity index (χ0) is 12.3. The van der Waals surface area contributed by atoms with E-state index in [2.05, 4.69) is 24.1 Å². The molecule has 0 radical (unpaired) electrons. The van der Waals surface area contributed by atoms with E-state index in [1.54, 1.807) is 0 Å². The first-order chi connectivity index (χ1) is 8.07. The molecule has 0 unspecified atom stereocenters. The van der Waals surface area contributed by atoms with E-state index in [-0.39, 0.29) is 0 Å². The Morgan fingerprint density at radius 3 is 2.65 bits per heavy atom. The molecule has 0 aromatic rings. The molecule has 0 spiro atoms. The van der Waals surface area contributed by atoms with Crippen molar-refractivity contribution in [3.05, 3.63) is 0 Å². The van der Waals surface area contributed by atoms with Gasteiger partial charge in [-0.25, -0.2) is 0 Å². The maximum absolute atomic E-state index is 12.1. The summed E-state index contributed by atoms with van der Waals surface area (Å²) in [5, 5.41) is 3.28. The zero-order valence-corrected chi connectivity index (χ0v) is 11.7. The van der Waals surface area contributed by atoms with Gasteiger partial charge in [0, 0.05) is 49.8 Å². The fraction of sp³-hybridized carbons (Fsp3) is 0.917. The highest BCUT2D eigenvalue weighted by molar-refractivity contribution is 8.00. The van der Waals surface area contributed by atoms with E-state index in [9.17, 15) is 4.79 Å². The van der Waals surface area contributed by atoms with Crippen molar-refractivity contribution >= 4 is 17.7 Å². The summed E-state index contributed by atoms with van der Waals surface area (Å²) < 4.78 is 0.294. The Bertz CT molecular complexity index is 277. The first-order valence-electron chi connectivity index (χ1n) is 6.42. The third-order valence-corrected chi connectivity index (χ3v) is 4.63. The van der Waals surface area contributed by atoms with Gasteiger partial charge in [-0.15, -0.1) is 0 Å². The number of carbonyl (C=O) groups excluding carboxylic acids is 1. The molecular weight excluding hydrogens is 234 g/mol. The molecule has 0 saturated carbocycles. The first-order valence-corrected chi connectivity index (χ1v) is 7.40. The second-order valence-corrected chi connectivity index (χ2v) is 7.25. The summed E-state index contributed by atoms with van der Waals surface area (Å²) in [7, 11) is 0. The Morgan fingerprint density at radius 1 is 1.29 bits per heavy atom. The summed E-state index contributed by atoms with van der Waals surface area (Å²) >= 11 is 2.01. The third kappa shape index (κ3) is 3.86. The van der Waals surface area contributed by atoms with Gasteiger partial charge in [0.15, 0.2) is 0 Å². The van der Waals surface area contributed by atoms with Crippen LogP contribution in [0.3, 0.4) is 0 Å². The number of hydrogen-bond acceptors (Lipinski definition) is 4. The van der Waals surface area contributed by atoms with Gasteiger partial charge in [-0.2, -0.15) is 11.8 Å². The molecule has 2 fully saturated rings.